The summed E-state index contributed by atoms with van der Waals surface area (Å²) in [6, 6.07) is 0.381. The summed E-state index contributed by atoms with van der Waals surface area (Å²) < 4.78 is 0. The lowest BCUT2D eigenvalue weighted by Crippen LogP contribution is -2.53. The lowest BCUT2D eigenvalue weighted by Gasteiger charge is -2.61. The summed E-state index contributed by atoms with van der Waals surface area (Å²) in [7, 11) is 0. The van der Waals surface area contributed by atoms with Gasteiger partial charge in [0.05, 0.1) is 0 Å². The van der Waals surface area contributed by atoms with E-state index in [0.717, 1.165) is 35.5 Å². The van der Waals surface area contributed by atoms with Gasteiger partial charge in [-0.05, 0) is 111 Å². The van der Waals surface area contributed by atoms with Gasteiger partial charge < -0.3 is 5.73 Å². The maximum Gasteiger partial charge on any atom is 0.00104 e. The Morgan fingerprint density at radius 3 is 2.37 bits per heavy atom. The predicted octanol–water partition coefficient (Wildman–Crippen LogP) is 7.19. The molecule has 0 bridgehead atoms. The standard InChI is InChI=1S/C26H47N/c1-18(8-7-9-19(2)27)22-13-14-23-21-12-11-20-10-5-6-16-25(20,3)24(21)15-17-26(22,23)4/h18-24H,5-17,27H2,1-4H3/t18-,19?,20?,21+,22-,23+,24+,25+,26-/m1/s1. The fraction of sp³-hybridized carbons (Fsp3) is 1.00. The number of fused-ring (bicyclic) bond motifs is 5. The van der Waals surface area contributed by atoms with E-state index in [-0.39, 0.29) is 0 Å². The zero-order valence-electron chi connectivity index (χ0n) is 18.8. The van der Waals surface area contributed by atoms with Gasteiger partial charge in [0.1, 0.15) is 0 Å². The van der Waals surface area contributed by atoms with Crippen molar-refractivity contribution in [2.45, 2.75) is 117 Å². The van der Waals surface area contributed by atoms with Gasteiger partial charge in [0.25, 0.3) is 0 Å². The minimum atomic E-state index is 0.381. The fourth-order valence-electron chi connectivity index (χ4n) is 9.23. The minimum absolute atomic E-state index is 0.381. The van der Waals surface area contributed by atoms with E-state index < -0.39 is 0 Å². The molecule has 4 aliphatic rings. The lowest BCUT2D eigenvalue weighted by molar-refractivity contribution is -0.114. The first-order valence-corrected chi connectivity index (χ1v) is 12.6. The molecule has 0 aromatic rings. The second-order valence-electron chi connectivity index (χ2n) is 12.0. The molecular formula is C26H47N. The molecule has 4 saturated carbocycles. The summed E-state index contributed by atoms with van der Waals surface area (Å²) in [5, 5.41) is 0. The molecule has 2 N–H and O–H groups in total. The van der Waals surface area contributed by atoms with Crippen LogP contribution in [0.1, 0.15) is 111 Å². The third-order valence-electron chi connectivity index (χ3n) is 10.7. The number of hydrogen-bond donors (Lipinski definition) is 1. The van der Waals surface area contributed by atoms with Crippen LogP contribution in [0.25, 0.3) is 0 Å². The molecule has 0 spiro atoms. The molecule has 4 aliphatic carbocycles. The number of rotatable bonds is 5. The highest BCUT2D eigenvalue weighted by molar-refractivity contribution is 5.09. The largest absolute Gasteiger partial charge is 0.328 e. The first-order valence-electron chi connectivity index (χ1n) is 12.6. The van der Waals surface area contributed by atoms with Crippen LogP contribution < -0.4 is 5.73 Å². The topological polar surface area (TPSA) is 26.0 Å². The van der Waals surface area contributed by atoms with Gasteiger partial charge in [-0.2, -0.15) is 0 Å². The second kappa shape index (κ2) is 7.66. The maximum atomic E-state index is 6.00. The van der Waals surface area contributed by atoms with Crippen molar-refractivity contribution in [1.29, 1.82) is 0 Å². The Balaban J connectivity index is 1.46. The third-order valence-corrected chi connectivity index (χ3v) is 10.7. The van der Waals surface area contributed by atoms with Crippen molar-refractivity contribution >= 4 is 0 Å². The van der Waals surface area contributed by atoms with E-state index in [1.165, 1.54) is 44.9 Å². The van der Waals surface area contributed by atoms with Crippen LogP contribution in [0, 0.1) is 46.3 Å². The molecule has 0 aromatic heterocycles. The van der Waals surface area contributed by atoms with Gasteiger partial charge in [-0.3, -0.25) is 0 Å². The second-order valence-corrected chi connectivity index (χ2v) is 12.0. The molecule has 0 heterocycles. The van der Waals surface area contributed by atoms with Crippen molar-refractivity contribution in [2.24, 2.45) is 52.1 Å². The van der Waals surface area contributed by atoms with E-state index in [2.05, 4.69) is 27.7 Å². The van der Waals surface area contributed by atoms with Crippen molar-refractivity contribution in [3.8, 4) is 0 Å². The Kier molecular flexibility index (Phi) is 5.74. The van der Waals surface area contributed by atoms with Crippen LogP contribution in [0.3, 0.4) is 0 Å². The molecule has 1 nitrogen and oxygen atoms in total. The molecule has 4 fully saturated rings. The van der Waals surface area contributed by atoms with E-state index in [1.807, 2.05) is 0 Å². The van der Waals surface area contributed by atoms with E-state index >= 15 is 0 Å². The molecule has 27 heavy (non-hydrogen) atoms. The summed E-state index contributed by atoms with van der Waals surface area (Å²) >= 11 is 0. The molecule has 9 atom stereocenters. The zero-order valence-corrected chi connectivity index (χ0v) is 18.8. The Morgan fingerprint density at radius 2 is 1.59 bits per heavy atom. The SMILES string of the molecule is CC(N)CCC[C@@H](C)[C@H]1CC[C@H]2[C@@H]3CCC4CCCC[C@]4(C)[C@H]3CC[C@]12C. The molecular weight excluding hydrogens is 326 g/mol. The molecule has 2 unspecified atom stereocenters. The zero-order chi connectivity index (χ0) is 19.2. The van der Waals surface area contributed by atoms with Crippen molar-refractivity contribution in [3.05, 3.63) is 0 Å². The summed E-state index contributed by atoms with van der Waals surface area (Å²) in [6.45, 7) is 10.2. The third kappa shape index (κ3) is 3.43. The van der Waals surface area contributed by atoms with Crippen LogP contribution >= 0.6 is 0 Å². The van der Waals surface area contributed by atoms with E-state index in [9.17, 15) is 0 Å². The molecule has 0 aliphatic heterocycles. The summed E-state index contributed by atoms with van der Waals surface area (Å²) in [5.41, 5.74) is 7.35. The molecule has 0 radical (unpaired) electrons. The number of hydrogen-bond acceptors (Lipinski definition) is 1. The lowest BCUT2D eigenvalue weighted by atomic mass is 9.44. The molecule has 0 saturated heterocycles. The fourth-order valence-corrected chi connectivity index (χ4v) is 9.23. The average Bonchev–Trinajstić information content (AvgIpc) is 2.98. The molecule has 1 heteroatoms. The van der Waals surface area contributed by atoms with Crippen molar-refractivity contribution in [3.63, 3.8) is 0 Å². The Hall–Kier alpha value is -0.0400. The predicted molar refractivity (Wildman–Crippen MR) is 116 cm³/mol. The van der Waals surface area contributed by atoms with Crippen LogP contribution in [0.2, 0.25) is 0 Å². The average molecular weight is 374 g/mol. The van der Waals surface area contributed by atoms with Gasteiger partial charge in [0.15, 0.2) is 0 Å². The van der Waals surface area contributed by atoms with Crippen molar-refractivity contribution < 1.29 is 0 Å². The van der Waals surface area contributed by atoms with Crippen LogP contribution in [0.5, 0.6) is 0 Å². The Bertz CT molecular complexity index is 512. The number of nitrogens with two attached hydrogens (primary N) is 1. The van der Waals surface area contributed by atoms with Gasteiger partial charge in [-0.25, -0.2) is 0 Å². The van der Waals surface area contributed by atoms with Crippen molar-refractivity contribution in [2.75, 3.05) is 0 Å². The van der Waals surface area contributed by atoms with Crippen LogP contribution in [-0.2, 0) is 0 Å². The van der Waals surface area contributed by atoms with Gasteiger partial charge in [0.2, 0.25) is 0 Å². The summed E-state index contributed by atoms with van der Waals surface area (Å²) in [6.07, 6.45) is 19.3. The Morgan fingerprint density at radius 1 is 0.815 bits per heavy atom. The molecule has 4 rings (SSSR count). The normalized spacial score (nSPS) is 49.0. The molecule has 0 aromatic carbocycles. The highest BCUT2D eigenvalue weighted by atomic mass is 14.6. The summed E-state index contributed by atoms with van der Waals surface area (Å²) in [5.74, 6) is 6.10. The van der Waals surface area contributed by atoms with Gasteiger partial charge in [-0.1, -0.05) is 46.5 Å². The van der Waals surface area contributed by atoms with Crippen LogP contribution in [-0.4, -0.2) is 6.04 Å². The van der Waals surface area contributed by atoms with E-state index in [0.29, 0.717) is 16.9 Å². The first kappa shape index (κ1) is 20.2. The Labute approximate surface area is 169 Å². The molecule has 156 valence electrons. The first-order chi connectivity index (χ1) is 12.9. The van der Waals surface area contributed by atoms with E-state index in [4.69, 9.17) is 5.73 Å². The maximum absolute atomic E-state index is 6.00. The van der Waals surface area contributed by atoms with Crippen LogP contribution in [0.15, 0.2) is 0 Å². The van der Waals surface area contributed by atoms with Crippen LogP contribution in [0.4, 0.5) is 0 Å². The van der Waals surface area contributed by atoms with Gasteiger partial charge in [0, 0.05) is 6.04 Å². The smallest absolute Gasteiger partial charge is 0.00104 e. The monoisotopic (exact) mass is 373 g/mol. The van der Waals surface area contributed by atoms with Gasteiger partial charge in [-0.15, -0.1) is 0 Å². The van der Waals surface area contributed by atoms with Crippen molar-refractivity contribution in [1.82, 2.24) is 0 Å². The summed E-state index contributed by atoms with van der Waals surface area (Å²) in [4.78, 5) is 0. The molecule has 0 amide bonds. The quantitative estimate of drug-likeness (QED) is 0.542. The van der Waals surface area contributed by atoms with Gasteiger partial charge >= 0.3 is 0 Å². The van der Waals surface area contributed by atoms with E-state index in [1.54, 1.807) is 38.5 Å². The highest BCUT2D eigenvalue weighted by Gasteiger charge is 2.59. The minimum Gasteiger partial charge on any atom is -0.328 e. The highest BCUT2D eigenvalue weighted by Crippen LogP contribution is 2.68.